The molecule has 0 saturated carbocycles. The Hall–Kier alpha value is -1.47. The van der Waals surface area contributed by atoms with E-state index in [0.717, 1.165) is 17.0 Å². The summed E-state index contributed by atoms with van der Waals surface area (Å²) in [6.07, 6.45) is 1.22. The highest BCUT2D eigenvalue weighted by molar-refractivity contribution is 8.00. The van der Waals surface area contributed by atoms with Crippen molar-refractivity contribution < 1.29 is 4.79 Å². The highest BCUT2D eigenvalue weighted by Crippen LogP contribution is 2.38. The van der Waals surface area contributed by atoms with Crippen LogP contribution in [0.15, 0.2) is 29.2 Å². The molecule has 0 aliphatic carbocycles. The third-order valence-electron chi connectivity index (χ3n) is 2.74. The molecule has 0 radical (unpaired) electrons. The number of hydrogen-bond acceptors (Lipinski definition) is 3. The Balaban J connectivity index is 2.23. The predicted octanol–water partition coefficient (Wildman–Crippen LogP) is 2.82. The number of hydrogen-bond donors (Lipinski definition) is 0. The molecule has 0 fully saturated rings. The first-order valence-corrected chi connectivity index (χ1v) is 6.56. The van der Waals surface area contributed by atoms with Crippen LogP contribution in [-0.4, -0.2) is 17.7 Å². The summed E-state index contributed by atoms with van der Waals surface area (Å²) < 4.78 is 0. The normalized spacial score (nSPS) is 18.7. The van der Waals surface area contributed by atoms with Crippen molar-refractivity contribution in [2.45, 2.75) is 29.9 Å². The van der Waals surface area contributed by atoms with Crippen LogP contribution in [0.1, 0.15) is 19.8 Å². The number of rotatable bonds is 3. The lowest BCUT2D eigenvalue weighted by atomic mass is 10.2. The molecule has 0 saturated heterocycles. The minimum atomic E-state index is -0.0352. The Bertz CT molecular complexity index is 467. The number of thioether (sulfide) groups is 1. The van der Waals surface area contributed by atoms with E-state index in [-0.39, 0.29) is 11.2 Å². The van der Waals surface area contributed by atoms with Crippen molar-refractivity contribution in [1.29, 1.82) is 5.26 Å². The number of anilines is 1. The molecule has 1 aromatic carbocycles. The van der Waals surface area contributed by atoms with Crippen LogP contribution in [0.4, 0.5) is 5.69 Å². The van der Waals surface area contributed by atoms with E-state index in [1.54, 1.807) is 11.8 Å². The van der Waals surface area contributed by atoms with Crippen molar-refractivity contribution in [3.05, 3.63) is 24.3 Å². The van der Waals surface area contributed by atoms with Gasteiger partial charge in [-0.1, -0.05) is 12.1 Å². The second-order valence-electron chi connectivity index (χ2n) is 3.98. The number of nitriles is 1. The predicted molar refractivity (Wildman–Crippen MR) is 69.0 cm³/mol. The van der Waals surface area contributed by atoms with Gasteiger partial charge in [-0.3, -0.25) is 4.79 Å². The van der Waals surface area contributed by atoms with E-state index >= 15 is 0 Å². The Morgan fingerprint density at radius 3 is 3.00 bits per heavy atom. The van der Waals surface area contributed by atoms with Gasteiger partial charge in [-0.05, 0) is 25.5 Å². The summed E-state index contributed by atoms with van der Waals surface area (Å²) >= 11 is 1.61. The molecule has 88 valence electrons. The number of carbonyl (C=O) groups is 1. The fraction of sp³-hybridized carbons (Fsp3) is 0.385. The van der Waals surface area contributed by atoms with Crippen LogP contribution < -0.4 is 4.90 Å². The van der Waals surface area contributed by atoms with Crippen molar-refractivity contribution in [3.8, 4) is 6.07 Å². The number of nitrogens with zero attached hydrogens (tertiary/aromatic N) is 2. The van der Waals surface area contributed by atoms with Gasteiger partial charge in [0, 0.05) is 17.9 Å². The molecule has 2 rings (SSSR count). The van der Waals surface area contributed by atoms with E-state index in [0.29, 0.717) is 13.0 Å². The van der Waals surface area contributed by atoms with Crippen LogP contribution in [0, 0.1) is 11.3 Å². The molecule has 3 nitrogen and oxygen atoms in total. The molecule has 1 heterocycles. The maximum absolute atomic E-state index is 12.1. The van der Waals surface area contributed by atoms with Crippen molar-refractivity contribution in [2.24, 2.45) is 0 Å². The molecule has 1 aromatic rings. The van der Waals surface area contributed by atoms with Gasteiger partial charge >= 0.3 is 0 Å². The number of benzene rings is 1. The average molecular weight is 246 g/mol. The largest absolute Gasteiger partial charge is 0.310 e. The lowest BCUT2D eigenvalue weighted by Crippen LogP contribution is -2.40. The minimum Gasteiger partial charge on any atom is -0.310 e. The van der Waals surface area contributed by atoms with Gasteiger partial charge in [0.15, 0.2) is 0 Å². The van der Waals surface area contributed by atoms with E-state index in [4.69, 9.17) is 5.26 Å². The topological polar surface area (TPSA) is 44.1 Å². The molecule has 4 heteroatoms. The molecule has 0 bridgehead atoms. The third kappa shape index (κ3) is 2.45. The molecule has 1 unspecified atom stereocenters. The van der Waals surface area contributed by atoms with Crippen molar-refractivity contribution in [1.82, 2.24) is 0 Å². The summed E-state index contributed by atoms with van der Waals surface area (Å²) in [5, 5.41) is 8.52. The summed E-state index contributed by atoms with van der Waals surface area (Å²) in [5.74, 6) is 0.145. The molecular formula is C13H14N2OS. The fourth-order valence-electron chi connectivity index (χ4n) is 1.91. The Morgan fingerprint density at radius 1 is 1.47 bits per heavy atom. The summed E-state index contributed by atoms with van der Waals surface area (Å²) in [5.41, 5.74) is 0.985. The molecule has 1 aliphatic heterocycles. The maximum Gasteiger partial charge on any atom is 0.240 e. The summed E-state index contributed by atoms with van der Waals surface area (Å²) in [4.78, 5) is 15.1. The van der Waals surface area contributed by atoms with Crippen molar-refractivity contribution >= 4 is 23.4 Å². The number of amides is 1. The zero-order valence-electron chi connectivity index (χ0n) is 9.72. The average Bonchev–Trinajstić information content (AvgIpc) is 2.34. The van der Waals surface area contributed by atoms with Crippen molar-refractivity contribution in [3.63, 3.8) is 0 Å². The molecule has 1 aliphatic rings. The van der Waals surface area contributed by atoms with Crippen LogP contribution in [0.3, 0.4) is 0 Å². The number of carbonyl (C=O) groups excluding carboxylic acids is 1. The quantitative estimate of drug-likeness (QED) is 0.770. The SMILES string of the molecule is CC1Sc2ccccc2N(CCCC#N)C1=O. The lowest BCUT2D eigenvalue weighted by Gasteiger charge is -2.32. The molecule has 0 spiro atoms. The first-order chi connectivity index (χ1) is 8.24. The standard InChI is InChI=1S/C13H14N2OS/c1-10-13(16)15(9-5-4-8-14)11-6-2-3-7-12(11)17-10/h2-3,6-7,10H,4-5,9H2,1H3. The highest BCUT2D eigenvalue weighted by atomic mass is 32.2. The number of unbranched alkanes of at least 4 members (excludes halogenated alkanes) is 1. The summed E-state index contributed by atoms with van der Waals surface area (Å²) in [7, 11) is 0. The smallest absolute Gasteiger partial charge is 0.240 e. The summed E-state index contributed by atoms with van der Waals surface area (Å²) in [6.45, 7) is 2.56. The van der Waals surface area contributed by atoms with Crippen LogP contribution in [-0.2, 0) is 4.79 Å². The molecule has 17 heavy (non-hydrogen) atoms. The minimum absolute atomic E-state index is 0.0352. The molecular weight excluding hydrogens is 232 g/mol. The van der Waals surface area contributed by atoms with Gasteiger partial charge in [0.05, 0.1) is 17.0 Å². The van der Waals surface area contributed by atoms with E-state index in [2.05, 4.69) is 6.07 Å². The van der Waals surface area contributed by atoms with Gasteiger partial charge in [0.2, 0.25) is 5.91 Å². The van der Waals surface area contributed by atoms with Crippen LogP contribution in [0.5, 0.6) is 0 Å². The van der Waals surface area contributed by atoms with E-state index in [1.807, 2.05) is 36.1 Å². The Morgan fingerprint density at radius 2 is 2.24 bits per heavy atom. The van der Waals surface area contributed by atoms with Gasteiger partial charge in [0.1, 0.15) is 0 Å². The molecule has 0 N–H and O–H groups in total. The first kappa shape index (κ1) is 12.0. The van der Waals surface area contributed by atoms with Gasteiger partial charge < -0.3 is 4.90 Å². The van der Waals surface area contributed by atoms with Crippen LogP contribution >= 0.6 is 11.8 Å². The van der Waals surface area contributed by atoms with Gasteiger partial charge in [-0.2, -0.15) is 5.26 Å². The third-order valence-corrected chi connectivity index (χ3v) is 3.90. The van der Waals surface area contributed by atoms with Gasteiger partial charge in [-0.25, -0.2) is 0 Å². The molecule has 0 aromatic heterocycles. The zero-order valence-corrected chi connectivity index (χ0v) is 10.5. The zero-order chi connectivity index (χ0) is 12.3. The van der Waals surface area contributed by atoms with E-state index in [1.165, 1.54) is 0 Å². The van der Waals surface area contributed by atoms with Crippen LogP contribution in [0.25, 0.3) is 0 Å². The first-order valence-electron chi connectivity index (χ1n) is 5.68. The maximum atomic E-state index is 12.1. The lowest BCUT2D eigenvalue weighted by molar-refractivity contribution is -0.118. The molecule has 1 amide bonds. The number of fused-ring (bicyclic) bond motifs is 1. The van der Waals surface area contributed by atoms with Crippen LogP contribution in [0.2, 0.25) is 0 Å². The van der Waals surface area contributed by atoms with Crippen molar-refractivity contribution in [2.75, 3.05) is 11.4 Å². The Labute approximate surface area is 105 Å². The fourth-order valence-corrected chi connectivity index (χ4v) is 2.97. The van der Waals surface area contributed by atoms with E-state index in [9.17, 15) is 4.79 Å². The van der Waals surface area contributed by atoms with Gasteiger partial charge in [0.25, 0.3) is 0 Å². The monoisotopic (exact) mass is 246 g/mol. The second kappa shape index (κ2) is 5.24. The molecule has 1 atom stereocenters. The highest BCUT2D eigenvalue weighted by Gasteiger charge is 2.29. The number of para-hydroxylation sites is 1. The second-order valence-corrected chi connectivity index (χ2v) is 5.36. The summed E-state index contributed by atoms with van der Waals surface area (Å²) in [6, 6.07) is 10.1. The van der Waals surface area contributed by atoms with E-state index < -0.39 is 0 Å². The van der Waals surface area contributed by atoms with Gasteiger partial charge in [-0.15, -0.1) is 11.8 Å². The Kier molecular flexibility index (Phi) is 3.70.